The monoisotopic (exact) mass is 403 g/mol. The molecule has 1 heterocycles. The summed E-state index contributed by atoms with van der Waals surface area (Å²) in [6.45, 7) is 2.01. The number of halogens is 1. The number of carbonyl (C=O) groups is 1. The quantitative estimate of drug-likeness (QED) is 0.484. The molecule has 0 radical (unpaired) electrons. The normalized spacial score (nSPS) is 10.6. The maximum atomic E-state index is 12.3. The van der Waals surface area contributed by atoms with Gasteiger partial charge in [-0.1, -0.05) is 53.2 Å². The first-order valence-electron chi connectivity index (χ1n) is 8.01. The third-order valence-corrected chi connectivity index (χ3v) is 4.92. The second-order valence-electron chi connectivity index (χ2n) is 5.72. The third kappa shape index (κ3) is 4.53. The van der Waals surface area contributed by atoms with Gasteiger partial charge in [-0.2, -0.15) is 0 Å². The maximum Gasteiger partial charge on any atom is 0.234 e. The van der Waals surface area contributed by atoms with Gasteiger partial charge in [0.05, 0.1) is 18.6 Å². The van der Waals surface area contributed by atoms with Crippen molar-refractivity contribution >= 4 is 35.0 Å². The first kappa shape index (κ1) is 19.1. The lowest BCUT2D eigenvalue weighted by Gasteiger charge is -2.10. The zero-order valence-corrected chi connectivity index (χ0v) is 16.3. The van der Waals surface area contributed by atoms with Gasteiger partial charge in [0.2, 0.25) is 11.1 Å². The lowest BCUT2D eigenvalue weighted by Crippen LogP contribution is -2.16. The molecule has 0 saturated carbocycles. The SMILES string of the molecule is COc1ccc(Cl)cc1NC(=O)CSc1nnc(-c2ccc(C)cc2)n1N. The Morgan fingerprint density at radius 2 is 2.00 bits per heavy atom. The molecular weight excluding hydrogens is 386 g/mol. The fourth-order valence-corrected chi connectivity index (χ4v) is 3.20. The van der Waals surface area contributed by atoms with Gasteiger partial charge in [-0.3, -0.25) is 4.79 Å². The van der Waals surface area contributed by atoms with E-state index in [1.807, 2.05) is 31.2 Å². The summed E-state index contributed by atoms with van der Waals surface area (Å²) >= 11 is 7.16. The Hall–Kier alpha value is -2.71. The van der Waals surface area contributed by atoms with Crippen LogP contribution in [0.3, 0.4) is 0 Å². The van der Waals surface area contributed by atoms with E-state index < -0.39 is 0 Å². The van der Waals surface area contributed by atoms with Crippen molar-refractivity contribution < 1.29 is 9.53 Å². The van der Waals surface area contributed by atoms with Crippen LogP contribution in [0.2, 0.25) is 5.02 Å². The third-order valence-electron chi connectivity index (χ3n) is 3.74. The van der Waals surface area contributed by atoms with Crippen molar-refractivity contribution in [3.8, 4) is 17.1 Å². The van der Waals surface area contributed by atoms with Gasteiger partial charge in [-0.25, -0.2) is 4.68 Å². The molecule has 0 fully saturated rings. The summed E-state index contributed by atoms with van der Waals surface area (Å²) in [6, 6.07) is 12.8. The number of methoxy groups -OCH3 is 1. The molecule has 1 amide bonds. The smallest absolute Gasteiger partial charge is 0.234 e. The Balaban J connectivity index is 1.66. The van der Waals surface area contributed by atoms with E-state index in [-0.39, 0.29) is 11.7 Å². The zero-order valence-electron chi connectivity index (χ0n) is 14.8. The highest BCUT2D eigenvalue weighted by Crippen LogP contribution is 2.28. The molecule has 7 nitrogen and oxygen atoms in total. The highest BCUT2D eigenvalue weighted by atomic mass is 35.5. The van der Waals surface area contributed by atoms with Crippen LogP contribution in [0, 0.1) is 6.92 Å². The van der Waals surface area contributed by atoms with E-state index in [9.17, 15) is 4.79 Å². The molecule has 9 heteroatoms. The lowest BCUT2D eigenvalue weighted by molar-refractivity contribution is -0.113. The first-order chi connectivity index (χ1) is 13.0. The van der Waals surface area contributed by atoms with E-state index in [1.165, 1.54) is 23.5 Å². The highest BCUT2D eigenvalue weighted by molar-refractivity contribution is 7.99. The van der Waals surface area contributed by atoms with Gasteiger partial charge in [0.25, 0.3) is 0 Å². The summed E-state index contributed by atoms with van der Waals surface area (Å²) in [7, 11) is 1.52. The van der Waals surface area contributed by atoms with Crippen molar-refractivity contribution in [1.82, 2.24) is 14.9 Å². The van der Waals surface area contributed by atoms with Crippen LogP contribution < -0.4 is 15.9 Å². The number of rotatable bonds is 6. The Kier molecular flexibility index (Phi) is 5.88. The number of ether oxygens (including phenoxy) is 1. The fraction of sp³-hybridized carbons (Fsp3) is 0.167. The van der Waals surface area contributed by atoms with E-state index >= 15 is 0 Å². The average Bonchev–Trinajstić information content (AvgIpc) is 3.01. The van der Waals surface area contributed by atoms with Gasteiger partial charge in [-0.15, -0.1) is 10.2 Å². The summed E-state index contributed by atoms with van der Waals surface area (Å²) in [4.78, 5) is 12.3. The average molecular weight is 404 g/mol. The fourth-order valence-electron chi connectivity index (χ4n) is 2.37. The molecule has 3 rings (SSSR count). The van der Waals surface area contributed by atoms with Crippen LogP contribution in [0.5, 0.6) is 5.75 Å². The van der Waals surface area contributed by atoms with Gasteiger partial charge in [-0.05, 0) is 25.1 Å². The van der Waals surface area contributed by atoms with Crippen molar-refractivity contribution in [2.75, 3.05) is 24.0 Å². The Morgan fingerprint density at radius 3 is 2.70 bits per heavy atom. The van der Waals surface area contributed by atoms with Crippen LogP contribution in [0.1, 0.15) is 5.56 Å². The van der Waals surface area contributed by atoms with E-state index in [2.05, 4.69) is 15.5 Å². The molecule has 0 aliphatic heterocycles. The highest BCUT2D eigenvalue weighted by Gasteiger charge is 2.15. The van der Waals surface area contributed by atoms with Crippen LogP contribution >= 0.6 is 23.4 Å². The number of thioether (sulfide) groups is 1. The summed E-state index contributed by atoms with van der Waals surface area (Å²) in [5, 5.41) is 11.9. The van der Waals surface area contributed by atoms with Crippen LogP contribution in [0.4, 0.5) is 5.69 Å². The topological polar surface area (TPSA) is 95.1 Å². The zero-order chi connectivity index (χ0) is 19.4. The Bertz CT molecular complexity index is 959. The maximum absolute atomic E-state index is 12.3. The standard InChI is InChI=1S/C18H18ClN5O2S/c1-11-3-5-12(6-4-11)17-22-23-18(24(17)20)27-10-16(25)21-14-9-13(19)7-8-15(14)26-2/h3-9H,10,20H2,1-2H3,(H,21,25). The van der Waals surface area contributed by atoms with Crippen molar-refractivity contribution in [1.29, 1.82) is 0 Å². The lowest BCUT2D eigenvalue weighted by atomic mass is 10.1. The molecule has 3 aromatic rings. The second kappa shape index (κ2) is 8.32. The van der Waals surface area contributed by atoms with E-state index in [1.54, 1.807) is 18.2 Å². The van der Waals surface area contributed by atoms with Crippen LogP contribution in [0.15, 0.2) is 47.6 Å². The van der Waals surface area contributed by atoms with Crippen molar-refractivity contribution in [2.45, 2.75) is 12.1 Å². The number of anilines is 1. The van der Waals surface area contributed by atoms with E-state index in [0.717, 1.165) is 11.1 Å². The van der Waals surface area contributed by atoms with Gasteiger partial charge in [0.15, 0.2) is 5.82 Å². The number of benzene rings is 2. The van der Waals surface area contributed by atoms with E-state index in [4.69, 9.17) is 22.2 Å². The number of nitrogens with one attached hydrogen (secondary N) is 1. The molecule has 1 aromatic heterocycles. The summed E-state index contributed by atoms with van der Waals surface area (Å²) in [5.74, 6) is 7.02. The van der Waals surface area contributed by atoms with Gasteiger partial charge < -0.3 is 15.9 Å². The molecule has 0 saturated heterocycles. The molecule has 3 N–H and O–H groups in total. The number of hydrogen-bond acceptors (Lipinski definition) is 6. The predicted molar refractivity (Wildman–Crippen MR) is 108 cm³/mol. The first-order valence-corrected chi connectivity index (χ1v) is 9.38. The molecule has 0 aliphatic carbocycles. The molecule has 0 bridgehead atoms. The number of aromatic nitrogens is 3. The number of nitrogens with zero attached hydrogens (tertiary/aromatic N) is 3. The number of carbonyl (C=O) groups excluding carboxylic acids is 1. The summed E-state index contributed by atoms with van der Waals surface area (Å²) in [5.41, 5.74) is 2.50. The van der Waals surface area contributed by atoms with Crippen LogP contribution in [-0.2, 0) is 4.79 Å². The Morgan fingerprint density at radius 1 is 1.26 bits per heavy atom. The summed E-state index contributed by atoms with van der Waals surface area (Å²) in [6.07, 6.45) is 0. The number of nitrogens with two attached hydrogens (primary N) is 1. The number of aryl methyl sites for hydroxylation is 1. The summed E-state index contributed by atoms with van der Waals surface area (Å²) < 4.78 is 6.59. The largest absolute Gasteiger partial charge is 0.495 e. The van der Waals surface area contributed by atoms with Crippen molar-refractivity contribution in [3.63, 3.8) is 0 Å². The predicted octanol–water partition coefficient (Wildman–Crippen LogP) is 3.36. The van der Waals surface area contributed by atoms with Crippen LogP contribution in [0.25, 0.3) is 11.4 Å². The van der Waals surface area contributed by atoms with Gasteiger partial charge >= 0.3 is 0 Å². The number of amides is 1. The minimum absolute atomic E-state index is 0.110. The number of hydrogen-bond donors (Lipinski definition) is 2. The minimum atomic E-state index is -0.236. The van der Waals surface area contributed by atoms with Crippen LogP contribution in [-0.4, -0.2) is 33.6 Å². The number of nitrogen functional groups attached to an aromatic ring is 1. The minimum Gasteiger partial charge on any atom is -0.495 e. The molecular formula is C18H18ClN5O2S. The Labute approximate surface area is 165 Å². The molecule has 2 aromatic carbocycles. The van der Waals surface area contributed by atoms with E-state index in [0.29, 0.717) is 27.4 Å². The van der Waals surface area contributed by atoms with Gasteiger partial charge in [0.1, 0.15) is 5.75 Å². The molecule has 0 unspecified atom stereocenters. The molecule has 27 heavy (non-hydrogen) atoms. The van der Waals surface area contributed by atoms with Crippen molar-refractivity contribution in [3.05, 3.63) is 53.1 Å². The molecule has 0 aliphatic rings. The second-order valence-corrected chi connectivity index (χ2v) is 7.10. The van der Waals surface area contributed by atoms with Gasteiger partial charge in [0, 0.05) is 10.6 Å². The molecule has 140 valence electrons. The van der Waals surface area contributed by atoms with Crippen molar-refractivity contribution in [2.24, 2.45) is 0 Å². The molecule has 0 spiro atoms. The molecule has 0 atom stereocenters.